The van der Waals surface area contributed by atoms with Crippen LogP contribution in [-0.2, 0) is 22.8 Å². The molecule has 6 heteroatoms. The second-order valence-corrected chi connectivity index (χ2v) is 10.6. The van der Waals surface area contributed by atoms with E-state index in [1.54, 1.807) is 32.1 Å². The number of rotatable bonds is 6. The van der Waals surface area contributed by atoms with Gasteiger partial charge in [0, 0.05) is 33.3 Å². The van der Waals surface area contributed by atoms with Gasteiger partial charge < -0.3 is 18.0 Å². The van der Waals surface area contributed by atoms with Gasteiger partial charge in [-0.05, 0) is 59.8 Å². The second kappa shape index (κ2) is 12.9. The van der Waals surface area contributed by atoms with E-state index in [1.165, 1.54) is 18.8 Å². The lowest BCUT2D eigenvalue weighted by molar-refractivity contribution is -0.151. The zero-order valence-electron chi connectivity index (χ0n) is 18.4. The molecule has 0 heterocycles. The Morgan fingerprint density at radius 3 is 1.35 bits per heavy atom. The first-order valence-electron chi connectivity index (χ1n) is 10.2. The van der Waals surface area contributed by atoms with Gasteiger partial charge in [0.05, 0.1) is 0 Å². The highest BCUT2D eigenvalue weighted by Crippen LogP contribution is 2.43. The Hall–Kier alpha value is -0.433. The highest BCUT2D eigenvalue weighted by molar-refractivity contribution is 6.59. The Morgan fingerprint density at radius 1 is 0.885 bits per heavy atom. The quantitative estimate of drug-likeness (QED) is 0.460. The van der Waals surface area contributed by atoms with E-state index < -0.39 is 8.80 Å². The monoisotopic (exact) mass is 390 g/mol. The number of fused-ring (bicyclic) bond motifs is 2. The molecule has 2 rings (SSSR count). The Balaban J connectivity index is 0.000000369. The van der Waals surface area contributed by atoms with Gasteiger partial charge in [-0.3, -0.25) is 4.79 Å². The molecule has 0 aliphatic heterocycles. The van der Waals surface area contributed by atoms with Crippen molar-refractivity contribution < 1.29 is 22.8 Å². The highest BCUT2D eigenvalue weighted by Gasteiger charge is 2.33. The summed E-state index contributed by atoms with van der Waals surface area (Å²) in [5, 5.41) is 0. The largest absolute Gasteiger partial charge is 0.497 e. The highest BCUT2D eigenvalue weighted by atomic mass is 28.4. The number of carbonyl (C=O) groups excluding carboxylic acids is 1. The van der Waals surface area contributed by atoms with Crippen LogP contribution in [0.4, 0.5) is 0 Å². The minimum Gasteiger partial charge on any atom is -0.460 e. The maximum Gasteiger partial charge on any atom is 0.497 e. The van der Waals surface area contributed by atoms with E-state index in [2.05, 4.69) is 0 Å². The molecule has 2 aliphatic rings. The lowest BCUT2D eigenvalue weighted by atomic mass is 10.0. The van der Waals surface area contributed by atoms with Crippen molar-refractivity contribution >= 4 is 14.8 Å². The fraction of sp³-hybridized carbons (Fsp3) is 0.950. The van der Waals surface area contributed by atoms with Gasteiger partial charge in [-0.1, -0.05) is 25.7 Å². The van der Waals surface area contributed by atoms with Crippen molar-refractivity contribution in [2.75, 3.05) is 19.8 Å². The number of hydrogen-bond acceptors (Lipinski definition) is 5. The molecule has 2 saturated carbocycles. The fourth-order valence-corrected chi connectivity index (χ4v) is 5.34. The third-order valence-electron chi connectivity index (χ3n) is 4.30. The molecule has 0 saturated heterocycles. The SMILES string of the molecule is C1CC2CCC1C2.CC(=O)OC(C)(C)C.CCO[Si](C)(OCC)OCC. The van der Waals surface area contributed by atoms with Gasteiger partial charge in [-0.2, -0.15) is 0 Å². The summed E-state index contributed by atoms with van der Waals surface area (Å²) in [6.45, 7) is 16.7. The van der Waals surface area contributed by atoms with Crippen molar-refractivity contribution in [2.45, 2.75) is 92.7 Å². The zero-order valence-corrected chi connectivity index (χ0v) is 19.4. The molecule has 156 valence electrons. The van der Waals surface area contributed by atoms with Crippen LogP contribution in [0.2, 0.25) is 6.55 Å². The van der Waals surface area contributed by atoms with Gasteiger partial charge in [-0.15, -0.1) is 0 Å². The summed E-state index contributed by atoms with van der Waals surface area (Å²) in [5.74, 6) is 2.12. The normalized spacial score (nSPS) is 21.4. The van der Waals surface area contributed by atoms with Gasteiger partial charge in [0.2, 0.25) is 0 Å². The van der Waals surface area contributed by atoms with Crippen molar-refractivity contribution in [1.82, 2.24) is 0 Å². The van der Waals surface area contributed by atoms with Crippen LogP contribution in [-0.4, -0.2) is 40.2 Å². The average Bonchev–Trinajstić information content (AvgIpc) is 3.11. The molecule has 2 fully saturated rings. The topological polar surface area (TPSA) is 54.0 Å². The minimum atomic E-state index is -2.25. The van der Waals surface area contributed by atoms with Crippen molar-refractivity contribution in [3.63, 3.8) is 0 Å². The van der Waals surface area contributed by atoms with Crippen LogP contribution >= 0.6 is 0 Å². The van der Waals surface area contributed by atoms with Crippen LogP contribution in [0.1, 0.15) is 80.6 Å². The lowest BCUT2D eigenvalue weighted by Crippen LogP contribution is -2.42. The van der Waals surface area contributed by atoms with Crippen LogP contribution in [0.25, 0.3) is 0 Å². The van der Waals surface area contributed by atoms with E-state index in [1.807, 2.05) is 48.1 Å². The standard InChI is InChI=1S/C7H18O3Si.C7H12.C6H12O2/c1-5-8-11(4,9-6-2)10-7-3;1-2-7-4-3-6(1)5-7;1-5(7)8-6(2,3)4/h5-7H2,1-4H3;6-7H,1-5H2;1-4H3. The van der Waals surface area contributed by atoms with E-state index in [-0.39, 0.29) is 11.6 Å². The molecule has 0 aromatic carbocycles. The van der Waals surface area contributed by atoms with Gasteiger partial charge in [0.15, 0.2) is 0 Å². The molecular weight excluding hydrogens is 348 g/mol. The van der Waals surface area contributed by atoms with Gasteiger partial charge >= 0.3 is 14.8 Å². The van der Waals surface area contributed by atoms with Crippen molar-refractivity contribution in [3.8, 4) is 0 Å². The van der Waals surface area contributed by atoms with E-state index in [4.69, 9.17) is 18.0 Å². The van der Waals surface area contributed by atoms with Gasteiger partial charge in [0.1, 0.15) is 5.60 Å². The summed E-state index contributed by atoms with van der Waals surface area (Å²) in [6, 6.07) is 0. The average molecular weight is 391 g/mol. The molecule has 0 aromatic rings. The molecule has 5 nitrogen and oxygen atoms in total. The maximum atomic E-state index is 10.2. The predicted octanol–water partition coefficient (Wildman–Crippen LogP) is 5.21. The first-order chi connectivity index (χ1) is 12.0. The fourth-order valence-electron chi connectivity index (χ4n) is 3.52. The zero-order chi connectivity index (χ0) is 20.2. The summed E-state index contributed by atoms with van der Waals surface area (Å²) in [4.78, 5) is 10.2. The van der Waals surface area contributed by atoms with E-state index in [9.17, 15) is 4.79 Å². The Kier molecular flexibility index (Phi) is 12.7. The van der Waals surface area contributed by atoms with Crippen molar-refractivity contribution in [3.05, 3.63) is 0 Å². The molecule has 2 aliphatic carbocycles. The van der Waals surface area contributed by atoms with Crippen LogP contribution in [0.15, 0.2) is 0 Å². The maximum absolute atomic E-state index is 10.2. The number of ether oxygens (including phenoxy) is 1. The Labute approximate surface area is 162 Å². The number of hydrogen-bond donors (Lipinski definition) is 0. The lowest BCUT2D eigenvalue weighted by Gasteiger charge is -2.23. The molecular formula is C20H42O5Si. The number of esters is 1. The summed E-state index contributed by atoms with van der Waals surface area (Å²) in [5.41, 5.74) is -0.328. The first kappa shape index (κ1) is 25.6. The van der Waals surface area contributed by atoms with Crippen LogP contribution in [0.3, 0.4) is 0 Å². The van der Waals surface area contributed by atoms with E-state index >= 15 is 0 Å². The van der Waals surface area contributed by atoms with E-state index in [0.717, 1.165) is 0 Å². The Bertz CT molecular complexity index is 346. The van der Waals surface area contributed by atoms with E-state index in [0.29, 0.717) is 19.8 Å². The molecule has 0 amide bonds. The van der Waals surface area contributed by atoms with Crippen LogP contribution in [0.5, 0.6) is 0 Å². The summed E-state index contributed by atoms with van der Waals surface area (Å²) >= 11 is 0. The van der Waals surface area contributed by atoms with Crippen LogP contribution in [0, 0.1) is 11.8 Å². The third-order valence-corrected chi connectivity index (χ3v) is 6.74. The minimum absolute atomic E-state index is 0.225. The molecule has 26 heavy (non-hydrogen) atoms. The summed E-state index contributed by atoms with van der Waals surface area (Å²) in [6.07, 6.45) is 7.82. The molecule has 0 aromatic heterocycles. The molecule has 0 spiro atoms. The smallest absolute Gasteiger partial charge is 0.460 e. The molecule has 0 atom stereocenters. The Morgan fingerprint density at radius 2 is 1.23 bits per heavy atom. The summed E-state index contributed by atoms with van der Waals surface area (Å²) < 4.78 is 21.0. The molecule has 0 N–H and O–H groups in total. The number of carbonyl (C=O) groups is 1. The van der Waals surface area contributed by atoms with Crippen molar-refractivity contribution in [2.24, 2.45) is 11.8 Å². The van der Waals surface area contributed by atoms with Gasteiger partial charge in [-0.25, -0.2) is 0 Å². The molecule has 2 bridgehead atoms. The van der Waals surface area contributed by atoms with Crippen molar-refractivity contribution in [1.29, 1.82) is 0 Å². The molecule has 0 unspecified atom stereocenters. The third kappa shape index (κ3) is 12.8. The summed E-state index contributed by atoms with van der Waals surface area (Å²) in [7, 11) is -2.25. The first-order valence-corrected chi connectivity index (χ1v) is 12.4. The van der Waals surface area contributed by atoms with Gasteiger partial charge in [0.25, 0.3) is 0 Å². The molecule has 0 radical (unpaired) electrons. The van der Waals surface area contributed by atoms with Crippen LogP contribution < -0.4 is 0 Å². The second-order valence-electron chi connectivity index (χ2n) is 7.99. The predicted molar refractivity (Wildman–Crippen MR) is 108 cm³/mol.